The Hall–Kier alpha value is -2.71. The summed E-state index contributed by atoms with van der Waals surface area (Å²) in [6.07, 6.45) is -0.484. The second kappa shape index (κ2) is 6.30. The summed E-state index contributed by atoms with van der Waals surface area (Å²) >= 11 is 0. The molecule has 0 bridgehead atoms. The maximum Gasteiger partial charge on any atom is 0.304 e. The molecule has 0 atom stereocenters. The number of H-pyrrole nitrogens is 1. The minimum Gasteiger partial charge on any atom is -0.373 e. The van der Waals surface area contributed by atoms with Gasteiger partial charge in [-0.15, -0.1) is 0 Å². The fraction of sp³-hybridized carbons (Fsp3) is 0.375. The second-order valence-corrected chi connectivity index (χ2v) is 6.06. The molecule has 6 nitrogen and oxygen atoms in total. The summed E-state index contributed by atoms with van der Waals surface area (Å²) in [4.78, 5) is 39.8. The van der Waals surface area contributed by atoms with Gasteiger partial charge >= 0.3 is 5.92 Å². The number of fused-ring (bicyclic) bond motifs is 1. The Bertz CT molecular complexity index is 907. The van der Waals surface area contributed by atoms with Crippen molar-refractivity contribution in [1.29, 1.82) is 0 Å². The highest BCUT2D eigenvalue weighted by atomic mass is 19.3. The maximum atomic E-state index is 14.3. The summed E-state index contributed by atoms with van der Waals surface area (Å²) in [6, 6.07) is 2.10. The minimum atomic E-state index is -3.39. The fourth-order valence-corrected chi connectivity index (χ4v) is 2.18. The molecule has 2 aromatic rings. The van der Waals surface area contributed by atoms with E-state index in [9.17, 15) is 27.6 Å². The van der Waals surface area contributed by atoms with Crippen LogP contribution in [0.1, 0.15) is 33.0 Å². The third kappa shape index (κ3) is 3.54. The summed E-state index contributed by atoms with van der Waals surface area (Å²) in [5.74, 6) is -6.09. The smallest absolute Gasteiger partial charge is 0.304 e. The average Bonchev–Trinajstić information content (AvgIpc) is 2.54. The summed E-state index contributed by atoms with van der Waals surface area (Å²) < 4.78 is 41.7. The van der Waals surface area contributed by atoms with Crippen LogP contribution in [0.5, 0.6) is 0 Å². The van der Waals surface area contributed by atoms with E-state index >= 15 is 0 Å². The van der Waals surface area contributed by atoms with Crippen LogP contribution in [0.25, 0.3) is 10.9 Å². The van der Waals surface area contributed by atoms with Gasteiger partial charge < -0.3 is 10.3 Å². The van der Waals surface area contributed by atoms with Crippen LogP contribution in [-0.4, -0.2) is 27.6 Å². The van der Waals surface area contributed by atoms with Crippen LogP contribution in [-0.2, 0) is 15.5 Å². The van der Waals surface area contributed by atoms with E-state index in [0.717, 1.165) is 6.07 Å². The monoisotopic (exact) mass is 355 g/mol. The highest BCUT2D eigenvalue weighted by Gasteiger charge is 2.33. The van der Waals surface area contributed by atoms with Crippen molar-refractivity contribution in [2.45, 2.75) is 38.7 Å². The van der Waals surface area contributed by atoms with Gasteiger partial charge in [0.2, 0.25) is 5.78 Å². The van der Waals surface area contributed by atoms with Gasteiger partial charge in [-0.2, -0.15) is 8.78 Å². The molecule has 0 radical (unpaired) electrons. The van der Waals surface area contributed by atoms with Crippen LogP contribution < -0.4 is 10.9 Å². The first-order valence-electron chi connectivity index (χ1n) is 7.41. The number of ketones is 1. The minimum absolute atomic E-state index is 0.0347. The number of aldehydes is 1. The Morgan fingerprint density at radius 1 is 1.36 bits per heavy atom. The van der Waals surface area contributed by atoms with Crippen molar-refractivity contribution < 1.29 is 22.8 Å². The molecular weight excluding hydrogens is 339 g/mol. The highest BCUT2D eigenvalue weighted by Crippen LogP contribution is 2.29. The number of aromatic nitrogens is 2. The number of anilines is 1. The normalized spacial score (nSPS) is 12.2. The van der Waals surface area contributed by atoms with Gasteiger partial charge in [0, 0.05) is 12.1 Å². The van der Waals surface area contributed by atoms with Gasteiger partial charge in [-0.05, 0) is 26.0 Å². The van der Waals surface area contributed by atoms with Crippen LogP contribution in [0.3, 0.4) is 0 Å². The van der Waals surface area contributed by atoms with Crippen molar-refractivity contribution in [3.8, 4) is 0 Å². The number of carbonyl (C=O) groups excluding carboxylic acids is 2. The molecule has 0 amide bonds. The lowest BCUT2D eigenvalue weighted by molar-refractivity contribution is -0.132. The predicted octanol–water partition coefficient (Wildman–Crippen LogP) is 2.52. The van der Waals surface area contributed by atoms with Crippen LogP contribution in [0.15, 0.2) is 16.9 Å². The molecule has 1 aromatic heterocycles. The number of Topliss-reactive ketones (excluding diaryl/α,β-unsaturated/α-hetero) is 1. The standard InChI is InChI=1S/C16H16F3N3O3/c1-4-16(18,19)14-20-12-9(13(25)21-14)5-8(6-10(12)17)22-15(2,3)11(24)7-23/h5-7,22H,4H2,1-3H3,(H,20,21,25). The molecule has 0 fully saturated rings. The molecule has 0 aliphatic rings. The first kappa shape index (κ1) is 18.6. The predicted molar refractivity (Wildman–Crippen MR) is 85.3 cm³/mol. The number of halogens is 3. The molecule has 1 aromatic carbocycles. The Kier molecular flexibility index (Phi) is 4.70. The lowest BCUT2D eigenvalue weighted by atomic mass is 9.99. The summed E-state index contributed by atoms with van der Waals surface area (Å²) in [6.45, 7) is 4.01. The third-order valence-electron chi connectivity index (χ3n) is 3.73. The number of benzene rings is 1. The number of rotatable bonds is 6. The fourth-order valence-electron chi connectivity index (χ4n) is 2.18. The van der Waals surface area contributed by atoms with Crippen LogP contribution >= 0.6 is 0 Å². The van der Waals surface area contributed by atoms with Gasteiger partial charge in [0.05, 0.1) is 10.9 Å². The number of hydrogen-bond acceptors (Lipinski definition) is 5. The van der Waals surface area contributed by atoms with E-state index in [1.807, 2.05) is 4.98 Å². The first-order valence-corrected chi connectivity index (χ1v) is 7.41. The largest absolute Gasteiger partial charge is 0.373 e. The van der Waals surface area contributed by atoms with Gasteiger partial charge in [0.25, 0.3) is 5.56 Å². The van der Waals surface area contributed by atoms with Gasteiger partial charge in [-0.1, -0.05) is 6.92 Å². The number of alkyl halides is 2. The van der Waals surface area contributed by atoms with E-state index < -0.39 is 46.4 Å². The second-order valence-electron chi connectivity index (χ2n) is 6.06. The molecular formula is C16H16F3N3O3. The zero-order chi connectivity index (χ0) is 19.0. The molecule has 134 valence electrons. The van der Waals surface area contributed by atoms with Crippen LogP contribution in [0, 0.1) is 5.82 Å². The molecule has 0 spiro atoms. The summed E-state index contributed by atoms with van der Waals surface area (Å²) in [7, 11) is 0. The van der Waals surface area contributed by atoms with Gasteiger partial charge in [-0.3, -0.25) is 14.4 Å². The van der Waals surface area contributed by atoms with Crippen molar-refractivity contribution in [2.75, 3.05) is 5.32 Å². The topological polar surface area (TPSA) is 91.9 Å². The van der Waals surface area contributed by atoms with Crippen LogP contribution in [0.4, 0.5) is 18.9 Å². The Balaban J connectivity index is 2.59. The lowest BCUT2D eigenvalue weighted by Gasteiger charge is -2.23. The summed E-state index contributed by atoms with van der Waals surface area (Å²) in [5, 5.41) is 2.38. The SMILES string of the molecule is CCC(F)(F)c1nc2c(F)cc(NC(C)(C)C(=O)C=O)cc2c(=O)[nH]1. The lowest BCUT2D eigenvalue weighted by Crippen LogP contribution is -2.41. The third-order valence-corrected chi connectivity index (χ3v) is 3.73. The maximum absolute atomic E-state index is 14.3. The molecule has 0 aliphatic carbocycles. The van der Waals surface area contributed by atoms with E-state index in [0.29, 0.717) is 0 Å². The molecule has 25 heavy (non-hydrogen) atoms. The Morgan fingerprint density at radius 2 is 2.00 bits per heavy atom. The zero-order valence-corrected chi connectivity index (χ0v) is 13.7. The van der Waals surface area contributed by atoms with Crippen molar-refractivity contribution >= 4 is 28.7 Å². The molecule has 0 aliphatic heterocycles. The molecule has 1 heterocycles. The number of hydrogen-bond donors (Lipinski definition) is 2. The van der Waals surface area contributed by atoms with Crippen LogP contribution in [0.2, 0.25) is 0 Å². The average molecular weight is 355 g/mol. The summed E-state index contributed by atoms with van der Waals surface area (Å²) in [5.41, 5.74) is -2.74. The quantitative estimate of drug-likeness (QED) is 0.614. The number of aromatic amines is 1. The van der Waals surface area contributed by atoms with Gasteiger partial charge in [0.1, 0.15) is 5.52 Å². The Morgan fingerprint density at radius 3 is 2.56 bits per heavy atom. The van der Waals surface area contributed by atoms with Crippen molar-refractivity contribution in [3.63, 3.8) is 0 Å². The van der Waals surface area contributed by atoms with E-state index in [-0.39, 0.29) is 17.4 Å². The molecule has 2 rings (SSSR count). The molecule has 9 heteroatoms. The van der Waals surface area contributed by atoms with E-state index in [4.69, 9.17) is 0 Å². The zero-order valence-electron chi connectivity index (χ0n) is 13.7. The van der Waals surface area contributed by atoms with Gasteiger partial charge in [0.15, 0.2) is 17.9 Å². The van der Waals surface area contributed by atoms with Crippen molar-refractivity contribution in [3.05, 3.63) is 34.1 Å². The number of carbonyl (C=O) groups is 2. The van der Waals surface area contributed by atoms with Gasteiger partial charge in [-0.25, -0.2) is 9.37 Å². The van der Waals surface area contributed by atoms with Crippen molar-refractivity contribution in [2.24, 2.45) is 0 Å². The van der Waals surface area contributed by atoms with E-state index in [1.165, 1.54) is 26.8 Å². The number of nitrogens with zero attached hydrogens (tertiary/aromatic N) is 1. The molecule has 0 saturated heterocycles. The molecule has 0 saturated carbocycles. The molecule has 2 N–H and O–H groups in total. The van der Waals surface area contributed by atoms with E-state index in [1.54, 1.807) is 0 Å². The Labute approximate surface area is 140 Å². The van der Waals surface area contributed by atoms with Crippen molar-refractivity contribution in [1.82, 2.24) is 9.97 Å². The highest BCUT2D eigenvalue weighted by molar-refractivity contribution is 6.29. The van der Waals surface area contributed by atoms with E-state index in [2.05, 4.69) is 10.3 Å². The first-order chi connectivity index (χ1) is 11.5. The number of nitrogens with one attached hydrogen (secondary N) is 2. The molecule has 0 unspecified atom stereocenters.